The molecule has 0 amide bonds. The van der Waals surface area contributed by atoms with Gasteiger partial charge < -0.3 is 14.8 Å². The van der Waals surface area contributed by atoms with Crippen LogP contribution in [-0.4, -0.2) is 26.9 Å². The fourth-order valence-electron chi connectivity index (χ4n) is 1.99. The molecular weight excluding hydrogens is 226 g/mol. The smallest absolute Gasteiger partial charge is 0.120 e. The topological polar surface area (TPSA) is 30.5 Å². The van der Waals surface area contributed by atoms with Gasteiger partial charge in [-0.3, -0.25) is 0 Å². The minimum Gasteiger partial charge on any atom is -0.491 e. The van der Waals surface area contributed by atoms with Crippen molar-refractivity contribution >= 4 is 0 Å². The molecule has 0 saturated heterocycles. The first kappa shape index (κ1) is 15.0. The van der Waals surface area contributed by atoms with Crippen LogP contribution in [0.25, 0.3) is 0 Å². The summed E-state index contributed by atoms with van der Waals surface area (Å²) in [6.07, 6.45) is 2.33. The Labute approximate surface area is 110 Å². The third-order valence-corrected chi connectivity index (χ3v) is 2.82. The van der Waals surface area contributed by atoms with E-state index in [-0.39, 0.29) is 6.10 Å². The van der Waals surface area contributed by atoms with Crippen molar-refractivity contribution in [2.45, 2.75) is 38.8 Å². The molecule has 1 unspecified atom stereocenters. The Morgan fingerprint density at radius 2 is 2.06 bits per heavy atom. The average molecular weight is 251 g/mol. The summed E-state index contributed by atoms with van der Waals surface area (Å²) < 4.78 is 10.8. The molecule has 0 radical (unpaired) electrons. The molecule has 1 rings (SSSR count). The molecule has 0 saturated carbocycles. The van der Waals surface area contributed by atoms with Gasteiger partial charge in [-0.25, -0.2) is 0 Å². The van der Waals surface area contributed by atoms with Crippen molar-refractivity contribution in [3.63, 3.8) is 0 Å². The lowest BCUT2D eigenvalue weighted by atomic mass is 10.0. The highest BCUT2D eigenvalue weighted by Gasteiger charge is 2.10. The average Bonchev–Trinajstić information content (AvgIpc) is 2.34. The molecule has 0 bridgehead atoms. The first-order valence-electron chi connectivity index (χ1n) is 6.60. The SMILES string of the molecule is CNC(CCCOC)c1cccc(OC(C)C)c1. The van der Waals surface area contributed by atoms with E-state index in [4.69, 9.17) is 9.47 Å². The van der Waals surface area contributed by atoms with Crippen LogP contribution in [0.3, 0.4) is 0 Å². The minimum atomic E-state index is 0.210. The zero-order valence-corrected chi connectivity index (χ0v) is 11.9. The van der Waals surface area contributed by atoms with Crippen LogP contribution in [0.4, 0.5) is 0 Å². The monoisotopic (exact) mass is 251 g/mol. The van der Waals surface area contributed by atoms with Gasteiger partial charge in [0.25, 0.3) is 0 Å². The molecule has 1 atom stereocenters. The summed E-state index contributed by atoms with van der Waals surface area (Å²) in [5.74, 6) is 0.939. The maximum absolute atomic E-state index is 5.72. The predicted molar refractivity (Wildman–Crippen MR) is 75.1 cm³/mol. The molecule has 1 N–H and O–H groups in total. The van der Waals surface area contributed by atoms with E-state index in [2.05, 4.69) is 17.4 Å². The molecule has 0 heterocycles. The van der Waals surface area contributed by atoms with Crippen molar-refractivity contribution < 1.29 is 9.47 Å². The van der Waals surface area contributed by atoms with E-state index in [0.29, 0.717) is 6.04 Å². The second-order valence-corrected chi connectivity index (χ2v) is 4.72. The Balaban J connectivity index is 2.66. The molecule has 3 heteroatoms. The van der Waals surface area contributed by atoms with E-state index in [1.165, 1.54) is 5.56 Å². The lowest BCUT2D eigenvalue weighted by molar-refractivity contribution is 0.189. The number of benzene rings is 1. The predicted octanol–water partition coefficient (Wildman–Crippen LogP) is 3.16. The second-order valence-electron chi connectivity index (χ2n) is 4.72. The Kier molecular flexibility index (Phi) is 6.76. The number of rotatable bonds is 8. The quantitative estimate of drug-likeness (QED) is 0.720. The maximum Gasteiger partial charge on any atom is 0.120 e. The summed E-state index contributed by atoms with van der Waals surface area (Å²) in [7, 11) is 3.74. The highest BCUT2D eigenvalue weighted by Crippen LogP contribution is 2.23. The van der Waals surface area contributed by atoms with Gasteiger partial charge in [0.2, 0.25) is 0 Å². The Morgan fingerprint density at radius 1 is 1.28 bits per heavy atom. The number of nitrogens with one attached hydrogen (secondary N) is 1. The summed E-state index contributed by atoms with van der Waals surface area (Å²) >= 11 is 0. The van der Waals surface area contributed by atoms with Crippen molar-refractivity contribution in [2.75, 3.05) is 20.8 Å². The number of ether oxygens (including phenoxy) is 2. The lowest BCUT2D eigenvalue weighted by Gasteiger charge is -2.18. The first-order chi connectivity index (χ1) is 8.67. The van der Waals surface area contributed by atoms with E-state index < -0.39 is 0 Å². The normalized spacial score (nSPS) is 12.7. The third-order valence-electron chi connectivity index (χ3n) is 2.82. The first-order valence-corrected chi connectivity index (χ1v) is 6.60. The largest absolute Gasteiger partial charge is 0.491 e. The van der Waals surface area contributed by atoms with Gasteiger partial charge in [-0.2, -0.15) is 0 Å². The molecule has 1 aromatic carbocycles. The van der Waals surface area contributed by atoms with Crippen LogP contribution >= 0.6 is 0 Å². The lowest BCUT2D eigenvalue weighted by Crippen LogP contribution is -2.17. The minimum absolute atomic E-state index is 0.210. The fourth-order valence-corrected chi connectivity index (χ4v) is 1.99. The zero-order chi connectivity index (χ0) is 13.4. The number of hydrogen-bond donors (Lipinski definition) is 1. The van der Waals surface area contributed by atoms with Gasteiger partial charge in [0.05, 0.1) is 6.10 Å². The van der Waals surface area contributed by atoms with Gasteiger partial charge in [-0.15, -0.1) is 0 Å². The molecule has 102 valence electrons. The van der Waals surface area contributed by atoms with Gasteiger partial charge in [0, 0.05) is 19.8 Å². The molecule has 0 fully saturated rings. The molecule has 0 aliphatic heterocycles. The van der Waals surface area contributed by atoms with Crippen molar-refractivity contribution in [1.29, 1.82) is 0 Å². The molecule has 0 aliphatic rings. The second kappa shape index (κ2) is 8.11. The third kappa shape index (κ3) is 5.07. The number of methoxy groups -OCH3 is 1. The van der Waals surface area contributed by atoms with Gasteiger partial charge in [0.15, 0.2) is 0 Å². The maximum atomic E-state index is 5.72. The zero-order valence-electron chi connectivity index (χ0n) is 11.9. The summed E-state index contributed by atoms with van der Waals surface area (Å²) in [5.41, 5.74) is 1.27. The number of hydrogen-bond acceptors (Lipinski definition) is 3. The molecule has 0 spiro atoms. The van der Waals surface area contributed by atoms with Crippen LogP contribution in [0.1, 0.15) is 38.3 Å². The molecule has 0 aliphatic carbocycles. The highest BCUT2D eigenvalue weighted by atomic mass is 16.5. The van der Waals surface area contributed by atoms with Gasteiger partial charge in [-0.1, -0.05) is 12.1 Å². The van der Waals surface area contributed by atoms with Crippen LogP contribution in [0.15, 0.2) is 24.3 Å². The van der Waals surface area contributed by atoms with E-state index in [1.807, 2.05) is 33.0 Å². The van der Waals surface area contributed by atoms with Crippen LogP contribution in [0.5, 0.6) is 5.75 Å². The summed E-state index contributed by atoms with van der Waals surface area (Å²) in [6, 6.07) is 8.67. The molecule has 3 nitrogen and oxygen atoms in total. The van der Waals surface area contributed by atoms with Crippen molar-refractivity contribution in [3.05, 3.63) is 29.8 Å². The van der Waals surface area contributed by atoms with Crippen molar-refractivity contribution in [3.8, 4) is 5.75 Å². The Bertz CT molecular complexity index is 339. The van der Waals surface area contributed by atoms with E-state index in [9.17, 15) is 0 Å². The molecular formula is C15H25NO2. The highest BCUT2D eigenvalue weighted by molar-refractivity contribution is 5.30. The fraction of sp³-hybridized carbons (Fsp3) is 0.600. The van der Waals surface area contributed by atoms with E-state index in [0.717, 1.165) is 25.2 Å². The van der Waals surface area contributed by atoms with Gasteiger partial charge in [0.1, 0.15) is 5.75 Å². The molecule has 0 aromatic heterocycles. The summed E-state index contributed by atoms with van der Waals surface area (Å²) in [6.45, 7) is 4.89. The van der Waals surface area contributed by atoms with E-state index >= 15 is 0 Å². The van der Waals surface area contributed by atoms with E-state index in [1.54, 1.807) is 7.11 Å². The summed E-state index contributed by atoms with van der Waals surface area (Å²) in [5, 5.41) is 3.35. The van der Waals surface area contributed by atoms with Crippen LogP contribution in [0.2, 0.25) is 0 Å². The molecule has 1 aromatic rings. The Morgan fingerprint density at radius 3 is 2.67 bits per heavy atom. The molecule has 18 heavy (non-hydrogen) atoms. The van der Waals surface area contributed by atoms with Crippen LogP contribution < -0.4 is 10.1 Å². The van der Waals surface area contributed by atoms with Gasteiger partial charge in [-0.05, 0) is 51.4 Å². The van der Waals surface area contributed by atoms with Gasteiger partial charge >= 0.3 is 0 Å². The van der Waals surface area contributed by atoms with Crippen molar-refractivity contribution in [1.82, 2.24) is 5.32 Å². The summed E-state index contributed by atoms with van der Waals surface area (Å²) in [4.78, 5) is 0. The van der Waals surface area contributed by atoms with Crippen LogP contribution in [0, 0.1) is 0 Å². The van der Waals surface area contributed by atoms with Crippen molar-refractivity contribution in [2.24, 2.45) is 0 Å². The van der Waals surface area contributed by atoms with Crippen LogP contribution in [-0.2, 0) is 4.74 Å². The standard InChI is InChI=1S/C15H25NO2/c1-12(2)18-14-8-5-7-13(11-14)15(16-3)9-6-10-17-4/h5,7-8,11-12,15-16H,6,9-10H2,1-4H3. The Hall–Kier alpha value is -1.06.